The first-order chi connectivity index (χ1) is 9.80. The number of anilines is 1. The number of ether oxygens (including phenoxy) is 2. The predicted molar refractivity (Wildman–Crippen MR) is 66.5 cm³/mol. The Morgan fingerprint density at radius 2 is 2.00 bits per heavy atom. The van der Waals surface area contributed by atoms with E-state index in [1.165, 1.54) is 12.1 Å². The zero-order valence-corrected chi connectivity index (χ0v) is 10.9. The van der Waals surface area contributed by atoms with Gasteiger partial charge in [-0.25, -0.2) is 9.59 Å². The van der Waals surface area contributed by atoms with Gasteiger partial charge in [-0.3, -0.25) is 0 Å². The molecule has 0 radical (unpaired) electrons. The minimum Gasteiger partial charge on any atom is -0.480 e. The van der Waals surface area contributed by atoms with Gasteiger partial charge >= 0.3 is 18.3 Å². The molecular formula is C12H12F2N2O5. The van der Waals surface area contributed by atoms with Crippen LogP contribution in [-0.4, -0.2) is 29.4 Å². The van der Waals surface area contributed by atoms with Gasteiger partial charge in [0.2, 0.25) is 0 Å². The molecule has 0 aliphatic carbocycles. The van der Waals surface area contributed by atoms with E-state index in [9.17, 15) is 18.4 Å². The molecule has 0 bridgehead atoms. The van der Waals surface area contributed by atoms with E-state index >= 15 is 0 Å². The van der Waals surface area contributed by atoms with Crippen LogP contribution in [0.4, 0.5) is 19.3 Å². The number of halogens is 2. The van der Waals surface area contributed by atoms with Crippen molar-refractivity contribution in [2.45, 2.75) is 25.7 Å². The number of benzene rings is 1. The number of amides is 2. The molecule has 0 saturated carbocycles. The number of carboxylic acid groups (broad SMARTS) is 1. The lowest BCUT2D eigenvalue weighted by Gasteiger charge is -2.13. The maximum atomic E-state index is 12.8. The lowest BCUT2D eigenvalue weighted by molar-refractivity contribution is -0.286. The van der Waals surface area contributed by atoms with Crippen LogP contribution >= 0.6 is 0 Å². The smallest absolute Gasteiger partial charge is 0.480 e. The number of aliphatic carboxylic acids is 1. The Labute approximate surface area is 117 Å². The zero-order chi connectivity index (χ0) is 15.6. The van der Waals surface area contributed by atoms with Gasteiger partial charge in [0.1, 0.15) is 6.04 Å². The maximum absolute atomic E-state index is 12.8. The number of hydrogen-bond donors (Lipinski definition) is 3. The molecule has 1 aliphatic heterocycles. The van der Waals surface area contributed by atoms with Crippen molar-refractivity contribution in [2.24, 2.45) is 0 Å². The van der Waals surface area contributed by atoms with Gasteiger partial charge in [0.25, 0.3) is 0 Å². The summed E-state index contributed by atoms with van der Waals surface area (Å²) >= 11 is 0. The number of alkyl halides is 2. The summed E-state index contributed by atoms with van der Waals surface area (Å²) in [6, 6.07) is 1.88. The molecule has 0 spiro atoms. The summed E-state index contributed by atoms with van der Waals surface area (Å²) in [6.45, 7) is 1.60. The quantitative estimate of drug-likeness (QED) is 0.790. The first-order valence-electron chi connectivity index (χ1n) is 6.01. The number of carbonyl (C=O) groups is 2. The van der Waals surface area contributed by atoms with E-state index in [1.807, 2.05) is 0 Å². The highest BCUT2D eigenvalue weighted by Gasteiger charge is 2.43. The Bertz CT molecular complexity index is 579. The van der Waals surface area contributed by atoms with Crippen LogP contribution in [-0.2, 0) is 4.79 Å². The molecule has 7 nitrogen and oxygen atoms in total. The van der Waals surface area contributed by atoms with Crippen molar-refractivity contribution in [3.05, 3.63) is 18.2 Å². The fraction of sp³-hybridized carbons (Fsp3) is 0.333. The number of hydrogen-bond acceptors (Lipinski definition) is 4. The molecular weight excluding hydrogens is 290 g/mol. The van der Waals surface area contributed by atoms with Crippen LogP contribution in [0.25, 0.3) is 0 Å². The van der Waals surface area contributed by atoms with Gasteiger partial charge in [-0.05, 0) is 18.6 Å². The van der Waals surface area contributed by atoms with Gasteiger partial charge in [0.05, 0.1) is 0 Å². The van der Waals surface area contributed by atoms with Crippen LogP contribution in [0.5, 0.6) is 11.5 Å². The van der Waals surface area contributed by atoms with E-state index in [4.69, 9.17) is 5.11 Å². The number of urea groups is 1. The SMILES string of the molecule is CCC(NC(=O)Nc1ccc2c(c1)OC(F)(F)O2)C(=O)O. The Balaban J connectivity index is 2.02. The first-order valence-corrected chi connectivity index (χ1v) is 6.01. The van der Waals surface area contributed by atoms with E-state index in [-0.39, 0.29) is 23.6 Å². The maximum Gasteiger partial charge on any atom is 0.586 e. The summed E-state index contributed by atoms with van der Waals surface area (Å²) in [7, 11) is 0. The van der Waals surface area contributed by atoms with Crippen LogP contribution in [0.1, 0.15) is 13.3 Å². The molecule has 0 fully saturated rings. The summed E-state index contributed by atoms with van der Waals surface area (Å²) in [5, 5.41) is 13.4. The standard InChI is InChI=1S/C12H12F2N2O5/c1-2-7(10(17)18)16-11(19)15-6-3-4-8-9(5-6)21-12(13,14)20-8/h3-5,7H,2H2,1H3,(H,17,18)(H2,15,16,19). The molecule has 21 heavy (non-hydrogen) atoms. The lowest BCUT2D eigenvalue weighted by Crippen LogP contribution is -2.42. The molecule has 114 valence electrons. The minimum absolute atomic E-state index is 0.150. The fourth-order valence-electron chi connectivity index (χ4n) is 1.69. The highest BCUT2D eigenvalue weighted by atomic mass is 19.3. The van der Waals surface area contributed by atoms with Gasteiger partial charge < -0.3 is 25.2 Å². The van der Waals surface area contributed by atoms with Gasteiger partial charge in [0, 0.05) is 11.8 Å². The average molecular weight is 302 g/mol. The third-order valence-electron chi connectivity index (χ3n) is 2.67. The molecule has 1 aromatic rings. The van der Waals surface area contributed by atoms with Crippen molar-refractivity contribution in [2.75, 3.05) is 5.32 Å². The highest BCUT2D eigenvalue weighted by molar-refractivity contribution is 5.92. The van der Waals surface area contributed by atoms with Crippen LogP contribution in [0, 0.1) is 0 Å². The molecule has 1 aliphatic rings. The van der Waals surface area contributed by atoms with Crippen LogP contribution in [0.15, 0.2) is 18.2 Å². The van der Waals surface area contributed by atoms with Crippen molar-refractivity contribution in [3.63, 3.8) is 0 Å². The third kappa shape index (κ3) is 3.50. The third-order valence-corrected chi connectivity index (χ3v) is 2.67. The van der Waals surface area contributed by atoms with E-state index in [2.05, 4.69) is 20.1 Å². The average Bonchev–Trinajstić information content (AvgIpc) is 2.68. The Hall–Kier alpha value is -2.58. The van der Waals surface area contributed by atoms with E-state index in [0.29, 0.717) is 0 Å². The van der Waals surface area contributed by atoms with Crippen molar-refractivity contribution >= 4 is 17.7 Å². The van der Waals surface area contributed by atoms with Crippen molar-refractivity contribution in [1.29, 1.82) is 0 Å². The molecule has 3 N–H and O–H groups in total. The normalized spacial score (nSPS) is 16.1. The molecule has 0 aromatic heterocycles. The Morgan fingerprint density at radius 3 is 2.62 bits per heavy atom. The summed E-state index contributed by atoms with van der Waals surface area (Å²) in [4.78, 5) is 22.4. The Kier molecular flexibility index (Phi) is 3.83. The Morgan fingerprint density at radius 1 is 1.33 bits per heavy atom. The molecule has 9 heteroatoms. The molecule has 0 saturated heterocycles. The molecule has 1 heterocycles. The molecule has 2 rings (SSSR count). The first kappa shape index (κ1) is 14.8. The summed E-state index contributed by atoms with van der Waals surface area (Å²) in [5.74, 6) is -1.54. The van der Waals surface area contributed by atoms with E-state index in [1.54, 1.807) is 6.92 Å². The number of fused-ring (bicyclic) bond motifs is 1. The predicted octanol–water partition coefficient (Wildman–Crippen LogP) is 1.99. The number of nitrogens with one attached hydrogen (secondary N) is 2. The summed E-state index contributed by atoms with van der Waals surface area (Å²) in [5.41, 5.74) is 0.160. The van der Waals surface area contributed by atoms with Gasteiger partial charge in [-0.15, -0.1) is 8.78 Å². The number of carbonyl (C=O) groups excluding carboxylic acids is 1. The van der Waals surface area contributed by atoms with Crippen molar-refractivity contribution in [1.82, 2.24) is 5.32 Å². The lowest BCUT2D eigenvalue weighted by atomic mass is 10.2. The summed E-state index contributed by atoms with van der Waals surface area (Å²) < 4.78 is 34.1. The molecule has 2 amide bonds. The van der Waals surface area contributed by atoms with Crippen molar-refractivity contribution < 1.29 is 33.0 Å². The second kappa shape index (κ2) is 5.43. The van der Waals surface area contributed by atoms with E-state index < -0.39 is 24.3 Å². The topological polar surface area (TPSA) is 96.9 Å². The van der Waals surface area contributed by atoms with Crippen molar-refractivity contribution in [3.8, 4) is 11.5 Å². The van der Waals surface area contributed by atoms with Crippen LogP contribution in [0.3, 0.4) is 0 Å². The summed E-state index contributed by atoms with van der Waals surface area (Å²) in [6.07, 6.45) is -3.53. The minimum atomic E-state index is -3.74. The number of carboxylic acids is 1. The molecule has 1 aromatic carbocycles. The number of rotatable bonds is 4. The highest BCUT2D eigenvalue weighted by Crippen LogP contribution is 2.42. The van der Waals surface area contributed by atoms with Gasteiger partial charge in [0.15, 0.2) is 11.5 Å². The van der Waals surface area contributed by atoms with Crippen LogP contribution < -0.4 is 20.1 Å². The van der Waals surface area contributed by atoms with Crippen LogP contribution in [0.2, 0.25) is 0 Å². The monoisotopic (exact) mass is 302 g/mol. The van der Waals surface area contributed by atoms with E-state index in [0.717, 1.165) is 6.07 Å². The molecule has 1 atom stereocenters. The van der Waals surface area contributed by atoms with Gasteiger partial charge in [-0.1, -0.05) is 6.92 Å². The second-order valence-electron chi connectivity index (χ2n) is 4.23. The largest absolute Gasteiger partial charge is 0.586 e. The van der Waals surface area contributed by atoms with Gasteiger partial charge in [-0.2, -0.15) is 0 Å². The second-order valence-corrected chi connectivity index (χ2v) is 4.23. The molecule has 1 unspecified atom stereocenters. The zero-order valence-electron chi connectivity index (χ0n) is 10.9. The fourth-order valence-corrected chi connectivity index (χ4v) is 1.69.